The Kier molecular flexibility index (Phi) is 5.00. The van der Waals surface area contributed by atoms with Crippen LogP contribution in [0.3, 0.4) is 0 Å². The van der Waals surface area contributed by atoms with Gasteiger partial charge in [-0.15, -0.1) is 0 Å². The van der Waals surface area contributed by atoms with Gasteiger partial charge in [-0.2, -0.15) is 0 Å². The smallest absolute Gasteiger partial charge is 0.408 e. The summed E-state index contributed by atoms with van der Waals surface area (Å²) in [5, 5.41) is 4.26. The van der Waals surface area contributed by atoms with Gasteiger partial charge in [-0.3, -0.25) is 9.63 Å². The van der Waals surface area contributed by atoms with E-state index < -0.39 is 17.7 Å². The molecule has 6 nitrogen and oxygen atoms in total. The average molecular weight is 312 g/mol. The van der Waals surface area contributed by atoms with Crippen molar-refractivity contribution in [1.29, 1.82) is 0 Å². The summed E-state index contributed by atoms with van der Waals surface area (Å²) < 4.78 is 5.27. The van der Waals surface area contributed by atoms with E-state index in [-0.39, 0.29) is 11.4 Å². The lowest BCUT2D eigenvalue weighted by atomic mass is 9.79. The molecule has 0 aromatic rings. The second-order valence-corrected chi connectivity index (χ2v) is 7.21. The quantitative estimate of drug-likeness (QED) is 0.626. The molecule has 1 atom stereocenters. The molecule has 22 heavy (non-hydrogen) atoms. The van der Waals surface area contributed by atoms with Gasteiger partial charge in [-0.25, -0.2) is 9.86 Å². The minimum absolute atomic E-state index is 0.163. The molecule has 1 spiro atoms. The highest BCUT2D eigenvalue weighted by atomic mass is 16.7. The Morgan fingerprint density at radius 1 is 1.36 bits per heavy atom. The van der Waals surface area contributed by atoms with Gasteiger partial charge in [0.2, 0.25) is 0 Å². The maximum absolute atomic E-state index is 12.3. The number of hydroxylamine groups is 2. The summed E-state index contributed by atoms with van der Waals surface area (Å²) in [6, 6.07) is -0.522. The van der Waals surface area contributed by atoms with E-state index in [1.165, 1.54) is 5.06 Å². The highest BCUT2D eigenvalue weighted by Gasteiger charge is 2.63. The van der Waals surface area contributed by atoms with Crippen molar-refractivity contribution < 1.29 is 19.2 Å². The third-order valence-electron chi connectivity index (χ3n) is 4.24. The first kappa shape index (κ1) is 17.1. The van der Waals surface area contributed by atoms with Crippen LogP contribution in [-0.2, 0) is 14.4 Å². The normalized spacial score (nSPS) is 23.5. The number of hydrogen-bond donors (Lipinski definition) is 1. The molecule has 2 amide bonds. The van der Waals surface area contributed by atoms with E-state index in [2.05, 4.69) is 12.2 Å². The van der Waals surface area contributed by atoms with E-state index in [0.29, 0.717) is 6.61 Å². The van der Waals surface area contributed by atoms with Crippen LogP contribution in [0.4, 0.5) is 4.79 Å². The van der Waals surface area contributed by atoms with Crippen molar-refractivity contribution in [2.45, 2.75) is 83.4 Å². The SMILES string of the molecule is CCCCON1C(=O)C(NC(=O)OC(C)(C)C)C12CCCC2. The van der Waals surface area contributed by atoms with Crippen molar-refractivity contribution in [3.8, 4) is 0 Å². The summed E-state index contributed by atoms with van der Waals surface area (Å²) in [6.07, 6.45) is 5.24. The molecule has 2 fully saturated rings. The molecule has 1 saturated heterocycles. The van der Waals surface area contributed by atoms with Crippen molar-refractivity contribution in [2.24, 2.45) is 0 Å². The molecular weight excluding hydrogens is 284 g/mol. The summed E-state index contributed by atoms with van der Waals surface area (Å²) in [6.45, 7) is 8.05. The van der Waals surface area contributed by atoms with Crippen LogP contribution in [0.25, 0.3) is 0 Å². The topological polar surface area (TPSA) is 67.9 Å². The minimum atomic E-state index is -0.572. The number of unbranched alkanes of at least 4 members (excludes halogenated alkanes) is 1. The van der Waals surface area contributed by atoms with Crippen molar-refractivity contribution >= 4 is 12.0 Å². The van der Waals surface area contributed by atoms with E-state index in [0.717, 1.165) is 38.5 Å². The summed E-state index contributed by atoms with van der Waals surface area (Å²) in [4.78, 5) is 30.0. The number of alkyl carbamates (subject to hydrolysis) is 1. The molecule has 2 aliphatic rings. The number of β-lactam (4-membered cyclic amide) rings is 1. The molecule has 1 aliphatic carbocycles. The van der Waals surface area contributed by atoms with Crippen molar-refractivity contribution in [3.63, 3.8) is 0 Å². The van der Waals surface area contributed by atoms with E-state index in [1.54, 1.807) is 20.8 Å². The van der Waals surface area contributed by atoms with E-state index in [9.17, 15) is 9.59 Å². The van der Waals surface area contributed by atoms with Crippen molar-refractivity contribution in [3.05, 3.63) is 0 Å². The van der Waals surface area contributed by atoms with E-state index >= 15 is 0 Å². The Hall–Kier alpha value is -1.30. The zero-order chi connectivity index (χ0) is 16.4. The molecule has 1 aliphatic heterocycles. The molecule has 1 heterocycles. The van der Waals surface area contributed by atoms with E-state index in [4.69, 9.17) is 9.57 Å². The Morgan fingerprint density at radius 2 is 2.00 bits per heavy atom. The fourth-order valence-corrected chi connectivity index (χ4v) is 3.21. The monoisotopic (exact) mass is 312 g/mol. The van der Waals surface area contributed by atoms with Gasteiger partial charge in [0, 0.05) is 0 Å². The largest absolute Gasteiger partial charge is 0.444 e. The summed E-state index contributed by atoms with van der Waals surface area (Å²) in [7, 11) is 0. The lowest BCUT2D eigenvalue weighted by molar-refractivity contribution is -0.264. The molecule has 2 rings (SSSR count). The number of nitrogens with zero attached hydrogens (tertiary/aromatic N) is 1. The van der Waals surface area contributed by atoms with Gasteiger partial charge in [-0.05, 0) is 40.0 Å². The maximum atomic E-state index is 12.3. The van der Waals surface area contributed by atoms with Gasteiger partial charge in [0.15, 0.2) is 0 Å². The first-order valence-electron chi connectivity index (χ1n) is 8.27. The summed E-state index contributed by atoms with van der Waals surface area (Å²) in [5.74, 6) is -0.163. The van der Waals surface area contributed by atoms with Crippen LogP contribution >= 0.6 is 0 Å². The molecule has 0 aromatic carbocycles. The third-order valence-corrected chi connectivity index (χ3v) is 4.24. The van der Waals surface area contributed by atoms with Gasteiger partial charge < -0.3 is 10.1 Å². The lowest BCUT2D eigenvalue weighted by Crippen LogP contribution is -2.78. The third kappa shape index (κ3) is 3.37. The summed E-state index contributed by atoms with van der Waals surface area (Å²) in [5.41, 5.74) is -0.946. The fraction of sp³-hybridized carbons (Fsp3) is 0.875. The molecule has 0 bridgehead atoms. The maximum Gasteiger partial charge on any atom is 0.408 e. The predicted molar refractivity (Wildman–Crippen MR) is 82.1 cm³/mol. The first-order valence-corrected chi connectivity index (χ1v) is 8.27. The first-order chi connectivity index (χ1) is 10.3. The molecule has 1 N–H and O–H groups in total. The molecule has 0 radical (unpaired) electrons. The number of nitrogens with one attached hydrogen (secondary N) is 1. The molecule has 126 valence electrons. The predicted octanol–water partition coefficient (Wildman–Crippen LogP) is 2.77. The van der Waals surface area contributed by atoms with Crippen LogP contribution in [0.2, 0.25) is 0 Å². The van der Waals surface area contributed by atoms with Crippen molar-refractivity contribution in [1.82, 2.24) is 10.4 Å². The number of rotatable bonds is 5. The second kappa shape index (κ2) is 6.44. The Bertz CT molecular complexity index is 424. The van der Waals surface area contributed by atoms with Crippen LogP contribution in [0.15, 0.2) is 0 Å². The van der Waals surface area contributed by atoms with Gasteiger partial charge in [-0.1, -0.05) is 26.2 Å². The average Bonchev–Trinajstić information content (AvgIpc) is 2.90. The van der Waals surface area contributed by atoms with Crippen LogP contribution in [0.5, 0.6) is 0 Å². The van der Waals surface area contributed by atoms with E-state index in [1.807, 2.05) is 0 Å². The highest BCUT2D eigenvalue weighted by molar-refractivity contribution is 5.93. The van der Waals surface area contributed by atoms with Gasteiger partial charge in [0.1, 0.15) is 11.6 Å². The highest BCUT2D eigenvalue weighted by Crippen LogP contribution is 2.45. The molecular formula is C16H28N2O4. The number of amides is 2. The number of carbonyl (C=O) groups is 2. The second-order valence-electron chi connectivity index (χ2n) is 7.21. The fourth-order valence-electron chi connectivity index (χ4n) is 3.21. The number of hydrogen-bond acceptors (Lipinski definition) is 4. The zero-order valence-electron chi connectivity index (χ0n) is 14.1. The standard InChI is InChI=1S/C16H28N2O4/c1-5-6-11-21-18-13(19)12(16(18)9-7-8-10-16)17-14(20)22-15(2,3)4/h12H,5-11H2,1-4H3,(H,17,20). The summed E-state index contributed by atoms with van der Waals surface area (Å²) >= 11 is 0. The lowest BCUT2D eigenvalue weighted by Gasteiger charge is -2.54. The minimum Gasteiger partial charge on any atom is -0.444 e. The van der Waals surface area contributed by atoms with Crippen LogP contribution in [0, 0.1) is 0 Å². The van der Waals surface area contributed by atoms with Crippen LogP contribution in [-0.4, -0.2) is 40.9 Å². The Balaban J connectivity index is 1.99. The van der Waals surface area contributed by atoms with Gasteiger partial charge >= 0.3 is 6.09 Å². The molecule has 0 aromatic heterocycles. The van der Waals surface area contributed by atoms with Gasteiger partial charge in [0.05, 0.1) is 12.1 Å². The number of ether oxygens (including phenoxy) is 1. The molecule has 1 unspecified atom stereocenters. The van der Waals surface area contributed by atoms with Crippen LogP contribution in [0.1, 0.15) is 66.2 Å². The van der Waals surface area contributed by atoms with Gasteiger partial charge in [0.25, 0.3) is 5.91 Å². The van der Waals surface area contributed by atoms with Crippen molar-refractivity contribution in [2.75, 3.05) is 6.61 Å². The zero-order valence-corrected chi connectivity index (χ0v) is 14.1. The molecule has 6 heteroatoms. The Labute approximate surface area is 132 Å². The van der Waals surface area contributed by atoms with Crippen LogP contribution < -0.4 is 5.32 Å². The Morgan fingerprint density at radius 3 is 2.55 bits per heavy atom. The molecule has 1 saturated carbocycles. The number of carbonyl (C=O) groups excluding carboxylic acids is 2.